The minimum atomic E-state index is -1.29. The zero-order chi connectivity index (χ0) is 25.4. The van der Waals surface area contributed by atoms with E-state index in [0.717, 1.165) is 28.9 Å². The number of piperidine rings is 1. The van der Waals surface area contributed by atoms with Crippen LogP contribution in [-0.4, -0.2) is 41.6 Å². The van der Waals surface area contributed by atoms with Crippen molar-refractivity contribution >= 4 is 17.7 Å². The lowest BCUT2D eigenvalue weighted by atomic mass is 9.82. The van der Waals surface area contributed by atoms with E-state index in [4.69, 9.17) is 0 Å². The summed E-state index contributed by atoms with van der Waals surface area (Å²) in [7, 11) is 0. The largest absolute Gasteiger partial charge is 0.530 e. The molecule has 3 atom stereocenters. The zero-order valence-corrected chi connectivity index (χ0v) is 21.8. The first kappa shape index (κ1) is 25.4. The molecule has 6 heteroatoms. The van der Waals surface area contributed by atoms with E-state index >= 15 is 0 Å². The van der Waals surface area contributed by atoms with E-state index in [-0.39, 0.29) is 22.0 Å². The van der Waals surface area contributed by atoms with Crippen LogP contribution >= 0.6 is 0 Å². The molecule has 2 heterocycles. The predicted octanol–water partition coefficient (Wildman–Crippen LogP) is 4.76. The van der Waals surface area contributed by atoms with Crippen molar-refractivity contribution in [2.45, 2.75) is 84.5 Å². The van der Waals surface area contributed by atoms with Gasteiger partial charge < -0.3 is 15.2 Å². The average Bonchev–Trinajstić information content (AvgIpc) is 2.79. The van der Waals surface area contributed by atoms with Crippen molar-refractivity contribution in [2.24, 2.45) is 0 Å². The van der Waals surface area contributed by atoms with Crippen molar-refractivity contribution in [2.75, 3.05) is 13.1 Å². The topological polar surface area (TPSA) is 72.5 Å². The number of nitrogens with zero attached hydrogens (tertiary/aromatic N) is 2. The molecule has 0 spiro atoms. The Balaban J connectivity index is 1.73. The number of rotatable bonds is 4. The average molecular weight is 478 g/mol. The van der Waals surface area contributed by atoms with Crippen molar-refractivity contribution in [1.29, 1.82) is 0 Å². The van der Waals surface area contributed by atoms with Crippen LogP contribution in [0.2, 0.25) is 0 Å². The molecule has 2 aliphatic rings. The number of carbonyl (C=O) groups excluding carboxylic acids is 2. The highest BCUT2D eigenvalue weighted by Gasteiger charge is 2.55. The number of amides is 2. The van der Waals surface area contributed by atoms with Crippen LogP contribution in [0.1, 0.15) is 77.5 Å². The number of carbonyl (C=O) groups is 2. The van der Waals surface area contributed by atoms with Gasteiger partial charge in [-0.05, 0) is 82.4 Å². The third kappa shape index (κ3) is 4.74. The zero-order valence-electron chi connectivity index (χ0n) is 21.8. The standard InChI is InChI=1S/C29H39N3O3/c1-20-17-26(30-28(34)35)25-18-24(13-14-27(25)32(20,21(2)33)29(3,4)5)23-11-9-22(10-12-23)19-31-15-7-6-8-16-31/h9-14,18,20,26,30H,6-8,15-17,19H2,1-5H3/t20-,26?,32-/m0/s1. The van der Waals surface area contributed by atoms with Crippen LogP contribution in [0.15, 0.2) is 42.5 Å². The van der Waals surface area contributed by atoms with E-state index in [2.05, 4.69) is 67.4 Å². The van der Waals surface area contributed by atoms with Crippen molar-refractivity contribution < 1.29 is 14.7 Å². The summed E-state index contributed by atoms with van der Waals surface area (Å²) >= 11 is 0. The lowest BCUT2D eigenvalue weighted by Gasteiger charge is -2.53. The van der Waals surface area contributed by atoms with Crippen LogP contribution in [0.3, 0.4) is 0 Å². The van der Waals surface area contributed by atoms with Gasteiger partial charge in [-0.3, -0.25) is 4.90 Å². The molecule has 0 saturated carbocycles. The number of quaternary nitrogens is 1. The molecule has 2 aromatic rings. The van der Waals surface area contributed by atoms with Crippen LogP contribution in [-0.2, 0) is 11.3 Å². The Kier molecular flexibility index (Phi) is 7.07. The molecule has 2 amide bonds. The van der Waals surface area contributed by atoms with Gasteiger partial charge in [-0.25, -0.2) is 9.28 Å². The minimum absolute atomic E-state index is 0.0629. The molecule has 1 N–H and O–H groups in total. The highest BCUT2D eigenvalue weighted by Crippen LogP contribution is 2.48. The summed E-state index contributed by atoms with van der Waals surface area (Å²) in [6, 6.07) is 14.3. The van der Waals surface area contributed by atoms with Crippen molar-refractivity contribution in [3.05, 3.63) is 53.6 Å². The highest BCUT2D eigenvalue weighted by atomic mass is 16.4. The Labute approximate surface area is 209 Å². The Hall–Kier alpha value is -2.70. The summed E-state index contributed by atoms with van der Waals surface area (Å²) in [5.41, 5.74) is 4.74. The fourth-order valence-electron chi connectivity index (χ4n) is 6.63. The molecule has 188 valence electrons. The second-order valence-corrected chi connectivity index (χ2v) is 11.3. The Morgan fingerprint density at radius 2 is 1.66 bits per heavy atom. The van der Waals surface area contributed by atoms with Gasteiger partial charge in [-0.2, -0.15) is 0 Å². The maximum atomic E-state index is 13.2. The molecule has 1 unspecified atom stereocenters. The number of hydrogen-bond donors (Lipinski definition) is 1. The molecule has 1 fully saturated rings. The monoisotopic (exact) mass is 477 g/mol. The van der Waals surface area contributed by atoms with E-state index in [1.54, 1.807) is 6.92 Å². The van der Waals surface area contributed by atoms with Crippen molar-refractivity contribution in [3.8, 4) is 11.1 Å². The first-order chi connectivity index (χ1) is 16.5. The summed E-state index contributed by atoms with van der Waals surface area (Å²) in [6.07, 6.45) is 3.12. The fourth-order valence-corrected chi connectivity index (χ4v) is 6.63. The lowest BCUT2D eigenvalue weighted by molar-refractivity contribution is -0.252. The number of hydrogen-bond acceptors (Lipinski definition) is 4. The first-order valence-electron chi connectivity index (χ1n) is 12.9. The second-order valence-electron chi connectivity index (χ2n) is 11.3. The lowest BCUT2D eigenvalue weighted by Crippen LogP contribution is -2.71. The Morgan fingerprint density at radius 3 is 2.23 bits per heavy atom. The molecule has 6 nitrogen and oxygen atoms in total. The van der Waals surface area contributed by atoms with Gasteiger partial charge in [0.05, 0.1) is 13.0 Å². The van der Waals surface area contributed by atoms with Crippen LogP contribution in [0.25, 0.3) is 11.1 Å². The summed E-state index contributed by atoms with van der Waals surface area (Å²) < 4.78 is 0.183. The molecular weight excluding hydrogens is 438 g/mol. The van der Waals surface area contributed by atoms with Gasteiger partial charge in [0.2, 0.25) is 0 Å². The van der Waals surface area contributed by atoms with E-state index in [1.165, 1.54) is 37.9 Å². The predicted molar refractivity (Wildman–Crippen MR) is 139 cm³/mol. The quantitative estimate of drug-likeness (QED) is 0.645. The van der Waals surface area contributed by atoms with Gasteiger partial charge >= 0.3 is 5.91 Å². The van der Waals surface area contributed by atoms with E-state index in [1.807, 2.05) is 13.0 Å². The van der Waals surface area contributed by atoms with Gasteiger partial charge in [0.25, 0.3) is 0 Å². The van der Waals surface area contributed by atoms with Gasteiger partial charge in [0, 0.05) is 24.6 Å². The van der Waals surface area contributed by atoms with E-state index < -0.39 is 12.1 Å². The molecule has 35 heavy (non-hydrogen) atoms. The number of likely N-dealkylation sites (tertiary alicyclic amines) is 1. The fraction of sp³-hybridized carbons (Fsp3) is 0.517. The number of nitrogens with one attached hydrogen (secondary N) is 1. The minimum Gasteiger partial charge on any atom is -0.530 e. The maximum Gasteiger partial charge on any atom is 0.316 e. The van der Waals surface area contributed by atoms with Crippen LogP contribution in [0.4, 0.5) is 10.5 Å². The van der Waals surface area contributed by atoms with E-state index in [9.17, 15) is 14.7 Å². The van der Waals surface area contributed by atoms with Crippen molar-refractivity contribution in [1.82, 2.24) is 14.7 Å². The summed E-state index contributed by atoms with van der Waals surface area (Å²) in [6.45, 7) is 13.2. The number of fused-ring (bicyclic) bond motifs is 1. The second kappa shape index (κ2) is 9.75. The smallest absolute Gasteiger partial charge is 0.316 e. The third-order valence-corrected chi connectivity index (χ3v) is 8.01. The maximum absolute atomic E-state index is 13.2. The SMILES string of the molecule is CC(=O)[N@+]1(C(C)(C)C)c2ccc(-c3ccc(CN4CCCCC4)cc3)cc2C(NC(=O)[O-])C[C@@H]1C. The number of carboxylic acid groups (broad SMARTS) is 1. The van der Waals surface area contributed by atoms with Gasteiger partial charge in [-0.1, -0.05) is 30.7 Å². The molecule has 0 aliphatic carbocycles. The molecule has 2 aromatic carbocycles. The molecule has 0 aromatic heterocycles. The van der Waals surface area contributed by atoms with Crippen LogP contribution < -0.4 is 14.9 Å². The van der Waals surface area contributed by atoms with Gasteiger partial charge in [0.15, 0.2) is 0 Å². The molecular formula is C29H39N3O3. The molecule has 4 rings (SSSR count). The summed E-state index contributed by atoms with van der Waals surface area (Å²) in [4.78, 5) is 27.3. The molecule has 0 radical (unpaired) electrons. The molecule has 1 saturated heterocycles. The Bertz CT molecular complexity index is 1080. The third-order valence-electron chi connectivity index (χ3n) is 8.01. The summed E-state index contributed by atoms with van der Waals surface area (Å²) in [5, 5.41) is 14.1. The molecule has 2 aliphatic heterocycles. The molecule has 0 bridgehead atoms. The van der Waals surface area contributed by atoms with Crippen molar-refractivity contribution in [3.63, 3.8) is 0 Å². The van der Waals surface area contributed by atoms with Crippen LogP contribution in [0.5, 0.6) is 0 Å². The first-order valence-corrected chi connectivity index (χ1v) is 12.9. The van der Waals surface area contributed by atoms with E-state index in [0.29, 0.717) is 6.42 Å². The van der Waals surface area contributed by atoms with Gasteiger partial charge in [0.1, 0.15) is 23.4 Å². The Morgan fingerprint density at radius 1 is 1.03 bits per heavy atom. The summed E-state index contributed by atoms with van der Waals surface area (Å²) in [5.74, 6) is 0.0629. The van der Waals surface area contributed by atoms with Gasteiger partial charge in [-0.15, -0.1) is 0 Å². The number of benzene rings is 2. The van der Waals surface area contributed by atoms with Crippen LogP contribution in [0, 0.1) is 0 Å². The normalized spacial score (nSPS) is 25.1. The highest BCUT2D eigenvalue weighted by molar-refractivity contribution is 5.91.